The summed E-state index contributed by atoms with van der Waals surface area (Å²) in [5, 5.41) is 12.3. The lowest BCUT2D eigenvalue weighted by Crippen LogP contribution is -2.46. The van der Waals surface area contributed by atoms with Crippen LogP contribution in [0.4, 0.5) is 15.8 Å². The van der Waals surface area contributed by atoms with Gasteiger partial charge in [-0.2, -0.15) is 0 Å². The summed E-state index contributed by atoms with van der Waals surface area (Å²) in [6.45, 7) is 3.89. The number of para-hydroxylation sites is 2. The first kappa shape index (κ1) is 16.5. The molecule has 26 heavy (non-hydrogen) atoms. The quantitative estimate of drug-likeness (QED) is 0.575. The first-order valence-corrected chi connectivity index (χ1v) is 8.58. The normalized spacial score (nSPS) is 15.5. The standard InChI is InChI=1S/C19H19FN4O2/c20-15-5-6-16-14(12-21-17(16)11-15)13-22-7-9-23(10-8-22)18-3-1-2-4-19(18)24(25)26/h1-6,11-12,21H,7-10,13H2. The Morgan fingerprint density at radius 3 is 2.65 bits per heavy atom. The van der Waals surface area contributed by atoms with Crippen LogP contribution in [0.3, 0.4) is 0 Å². The Morgan fingerprint density at radius 2 is 1.88 bits per heavy atom. The van der Waals surface area contributed by atoms with Crippen molar-refractivity contribution in [3.05, 3.63) is 70.2 Å². The van der Waals surface area contributed by atoms with Crippen molar-refractivity contribution in [3.63, 3.8) is 0 Å². The summed E-state index contributed by atoms with van der Waals surface area (Å²) in [5.41, 5.74) is 2.78. The predicted octanol–water partition coefficient (Wildman–Crippen LogP) is 3.54. The van der Waals surface area contributed by atoms with E-state index in [0.717, 1.165) is 49.2 Å². The molecular weight excluding hydrogens is 335 g/mol. The third-order valence-electron chi connectivity index (χ3n) is 4.91. The summed E-state index contributed by atoms with van der Waals surface area (Å²) in [7, 11) is 0. The van der Waals surface area contributed by atoms with Crippen LogP contribution in [0.15, 0.2) is 48.7 Å². The number of nitrogens with one attached hydrogen (secondary N) is 1. The molecule has 2 aromatic carbocycles. The van der Waals surface area contributed by atoms with E-state index < -0.39 is 0 Å². The van der Waals surface area contributed by atoms with Gasteiger partial charge in [-0.25, -0.2) is 4.39 Å². The zero-order valence-electron chi connectivity index (χ0n) is 14.2. The Bertz CT molecular complexity index is 948. The molecule has 134 valence electrons. The van der Waals surface area contributed by atoms with Crippen LogP contribution in [0.5, 0.6) is 0 Å². The van der Waals surface area contributed by atoms with E-state index in [4.69, 9.17) is 0 Å². The number of rotatable bonds is 4. The second kappa shape index (κ2) is 6.76. The van der Waals surface area contributed by atoms with Crippen molar-refractivity contribution >= 4 is 22.3 Å². The number of benzene rings is 2. The van der Waals surface area contributed by atoms with Crippen LogP contribution in [-0.2, 0) is 6.54 Å². The Morgan fingerprint density at radius 1 is 1.12 bits per heavy atom. The maximum atomic E-state index is 13.3. The van der Waals surface area contributed by atoms with Gasteiger partial charge in [-0.1, -0.05) is 12.1 Å². The van der Waals surface area contributed by atoms with Gasteiger partial charge in [-0.05, 0) is 29.8 Å². The lowest BCUT2D eigenvalue weighted by Gasteiger charge is -2.35. The molecule has 0 amide bonds. The number of nitro groups is 1. The summed E-state index contributed by atoms with van der Waals surface area (Å²) in [4.78, 5) is 18.4. The molecule has 1 saturated heterocycles. The third-order valence-corrected chi connectivity index (χ3v) is 4.91. The fraction of sp³-hybridized carbons (Fsp3) is 0.263. The molecule has 0 unspecified atom stereocenters. The molecule has 1 aliphatic heterocycles. The number of H-pyrrole nitrogens is 1. The molecule has 3 aromatic rings. The molecule has 1 aliphatic rings. The van der Waals surface area contributed by atoms with Gasteiger partial charge in [0.1, 0.15) is 11.5 Å². The van der Waals surface area contributed by atoms with Crippen LogP contribution < -0.4 is 4.90 Å². The predicted molar refractivity (Wildman–Crippen MR) is 98.8 cm³/mol. The minimum Gasteiger partial charge on any atom is -0.363 e. The van der Waals surface area contributed by atoms with Crippen LogP contribution in [-0.4, -0.2) is 41.0 Å². The highest BCUT2D eigenvalue weighted by Crippen LogP contribution is 2.29. The van der Waals surface area contributed by atoms with Crippen molar-refractivity contribution < 1.29 is 9.31 Å². The van der Waals surface area contributed by atoms with Crippen molar-refractivity contribution in [2.75, 3.05) is 31.1 Å². The number of hydrogen-bond acceptors (Lipinski definition) is 4. The van der Waals surface area contributed by atoms with Crippen molar-refractivity contribution in [2.45, 2.75) is 6.54 Å². The third kappa shape index (κ3) is 3.13. The summed E-state index contributed by atoms with van der Waals surface area (Å²) in [6, 6.07) is 11.7. The van der Waals surface area contributed by atoms with Crippen LogP contribution in [0.2, 0.25) is 0 Å². The van der Waals surface area contributed by atoms with E-state index in [1.165, 1.54) is 12.1 Å². The Balaban J connectivity index is 1.45. The smallest absolute Gasteiger partial charge is 0.292 e. The van der Waals surface area contributed by atoms with Gasteiger partial charge in [0, 0.05) is 55.9 Å². The largest absolute Gasteiger partial charge is 0.363 e. The van der Waals surface area contributed by atoms with Gasteiger partial charge in [-0.3, -0.25) is 15.0 Å². The summed E-state index contributed by atoms with van der Waals surface area (Å²) in [6.07, 6.45) is 1.93. The highest BCUT2D eigenvalue weighted by molar-refractivity contribution is 5.83. The Kier molecular flexibility index (Phi) is 4.30. The molecule has 0 spiro atoms. The van der Waals surface area contributed by atoms with Crippen molar-refractivity contribution in [1.82, 2.24) is 9.88 Å². The second-order valence-corrected chi connectivity index (χ2v) is 6.51. The first-order chi connectivity index (χ1) is 12.6. The molecule has 6 nitrogen and oxygen atoms in total. The number of nitro benzene ring substituents is 1. The van der Waals surface area contributed by atoms with Crippen molar-refractivity contribution in [3.8, 4) is 0 Å². The summed E-state index contributed by atoms with van der Waals surface area (Å²) in [5.74, 6) is -0.246. The second-order valence-electron chi connectivity index (χ2n) is 6.51. The van der Waals surface area contributed by atoms with Crippen LogP contribution in [0, 0.1) is 15.9 Å². The average molecular weight is 354 g/mol. The maximum Gasteiger partial charge on any atom is 0.292 e. The lowest BCUT2D eigenvalue weighted by molar-refractivity contribution is -0.384. The number of halogens is 1. The molecule has 1 fully saturated rings. The van der Waals surface area contributed by atoms with E-state index in [0.29, 0.717) is 5.69 Å². The fourth-order valence-corrected chi connectivity index (χ4v) is 3.56. The van der Waals surface area contributed by atoms with Crippen molar-refractivity contribution in [2.24, 2.45) is 0 Å². The van der Waals surface area contributed by atoms with E-state index >= 15 is 0 Å². The van der Waals surface area contributed by atoms with Gasteiger partial charge in [0.25, 0.3) is 5.69 Å². The maximum absolute atomic E-state index is 13.3. The number of nitrogens with zero attached hydrogens (tertiary/aromatic N) is 3. The molecular formula is C19H19FN4O2. The van der Waals surface area contributed by atoms with Crippen LogP contribution >= 0.6 is 0 Å². The summed E-state index contributed by atoms with van der Waals surface area (Å²) < 4.78 is 13.3. The molecule has 0 atom stereocenters. The Labute approximate surface area is 150 Å². The van der Waals surface area contributed by atoms with Gasteiger partial charge < -0.3 is 9.88 Å². The zero-order chi connectivity index (χ0) is 18.1. The summed E-state index contributed by atoms with van der Waals surface area (Å²) >= 11 is 0. The Hall–Kier alpha value is -2.93. The van der Waals surface area contributed by atoms with E-state index in [2.05, 4.69) is 14.8 Å². The van der Waals surface area contributed by atoms with Crippen molar-refractivity contribution in [1.29, 1.82) is 0 Å². The van der Waals surface area contributed by atoms with Crippen LogP contribution in [0.25, 0.3) is 10.9 Å². The van der Waals surface area contributed by atoms with Crippen LogP contribution in [0.1, 0.15) is 5.56 Å². The van der Waals surface area contributed by atoms with E-state index in [1.54, 1.807) is 18.2 Å². The molecule has 0 saturated carbocycles. The highest BCUT2D eigenvalue weighted by Gasteiger charge is 2.23. The average Bonchev–Trinajstić information content (AvgIpc) is 3.04. The number of aromatic nitrogens is 1. The molecule has 7 heteroatoms. The first-order valence-electron chi connectivity index (χ1n) is 8.58. The van der Waals surface area contributed by atoms with E-state index in [9.17, 15) is 14.5 Å². The monoisotopic (exact) mass is 354 g/mol. The number of anilines is 1. The van der Waals surface area contributed by atoms with Gasteiger partial charge in [-0.15, -0.1) is 0 Å². The van der Waals surface area contributed by atoms with Gasteiger partial charge in [0.15, 0.2) is 0 Å². The molecule has 1 aromatic heterocycles. The molecule has 1 N–H and O–H groups in total. The lowest BCUT2D eigenvalue weighted by atomic mass is 10.1. The fourth-order valence-electron chi connectivity index (χ4n) is 3.56. The molecule has 4 rings (SSSR count). The van der Waals surface area contributed by atoms with Gasteiger partial charge in [0.05, 0.1) is 4.92 Å². The van der Waals surface area contributed by atoms with E-state index in [1.807, 2.05) is 18.3 Å². The minimum absolute atomic E-state index is 0.152. The molecule has 0 aliphatic carbocycles. The SMILES string of the molecule is O=[N+]([O-])c1ccccc1N1CCN(Cc2c[nH]c3cc(F)ccc23)CC1. The highest BCUT2D eigenvalue weighted by atomic mass is 19.1. The number of piperazine rings is 1. The number of hydrogen-bond donors (Lipinski definition) is 1. The number of aromatic amines is 1. The van der Waals surface area contributed by atoms with Gasteiger partial charge >= 0.3 is 0 Å². The molecule has 0 bridgehead atoms. The molecule has 2 heterocycles. The zero-order valence-corrected chi connectivity index (χ0v) is 14.2. The topological polar surface area (TPSA) is 65.4 Å². The number of fused-ring (bicyclic) bond motifs is 1. The van der Waals surface area contributed by atoms with E-state index in [-0.39, 0.29) is 16.4 Å². The van der Waals surface area contributed by atoms with Gasteiger partial charge in [0.2, 0.25) is 0 Å². The molecule has 0 radical (unpaired) electrons. The minimum atomic E-state index is -0.327.